The van der Waals surface area contributed by atoms with Gasteiger partial charge in [0.1, 0.15) is 0 Å². The molecule has 0 spiro atoms. The molecule has 0 fully saturated rings. The van der Waals surface area contributed by atoms with Crippen LogP contribution in [0.25, 0.3) is 0 Å². The lowest BCUT2D eigenvalue weighted by Gasteiger charge is -2.30. The van der Waals surface area contributed by atoms with Crippen molar-refractivity contribution >= 4 is 17.8 Å². The molecule has 2 N–H and O–H groups in total. The van der Waals surface area contributed by atoms with Crippen LogP contribution in [0, 0.1) is 11.8 Å². The number of rotatable bonds is 6. The summed E-state index contributed by atoms with van der Waals surface area (Å²) in [6.45, 7) is 5.84. The first-order valence-corrected chi connectivity index (χ1v) is 7.32. The van der Waals surface area contributed by atoms with Crippen molar-refractivity contribution in [1.29, 1.82) is 0 Å². The predicted octanol–water partition coefficient (Wildman–Crippen LogP) is 1.03. The third-order valence-electron chi connectivity index (χ3n) is 3.54. The van der Waals surface area contributed by atoms with Gasteiger partial charge in [-0.15, -0.1) is 0 Å². The number of likely N-dealkylation sites (N-methyl/N-ethyl adjacent to an activating group) is 1. The smallest absolute Gasteiger partial charge is 0.307 e. The van der Waals surface area contributed by atoms with Gasteiger partial charge >= 0.3 is 5.97 Å². The molecular formula is C15H24N2O4. The zero-order chi connectivity index (χ0) is 16.0. The van der Waals surface area contributed by atoms with Crippen LogP contribution in [0.4, 0.5) is 0 Å². The molecule has 2 amide bonds. The van der Waals surface area contributed by atoms with Crippen LogP contribution in [0.1, 0.15) is 33.6 Å². The van der Waals surface area contributed by atoms with Crippen LogP contribution in [0.15, 0.2) is 12.2 Å². The Hall–Kier alpha value is -1.85. The molecule has 2 atom stereocenters. The molecule has 0 saturated carbocycles. The minimum atomic E-state index is -0.958. The fourth-order valence-corrected chi connectivity index (χ4v) is 2.48. The lowest BCUT2D eigenvalue weighted by Crippen LogP contribution is -2.47. The number of carboxylic acids is 1. The zero-order valence-corrected chi connectivity index (χ0v) is 12.8. The Labute approximate surface area is 125 Å². The molecule has 0 aromatic heterocycles. The van der Waals surface area contributed by atoms with Crippen molar-refractivity contribution in [3.63, 3.8) is 0 Å². The summed E-state index contributed by atoms with van der Waals surface area (Å²) in [5.74, 6) is -2.73. The molecule has 0 aromatic carbocycles. The monoisotopic (exact) mass is 296 g/mol. The topological polar surface area (TPSA) is 86.7 Å². The second kappa shape index (κ2) is 7.81. The highest BCUT2D eigenvalue weighted by Gasteiger charge is 2.36. The van der Waals surface area contributed by atoms with Crippen LogP contribution in [0.3, 0.4) is 0 Å². The number of carboxylic acid groups (broad SMARTS) is 1. The van der Waals surface area contributed by atoms with E-state index in [9.17, 15) is 19.5 Å². The van der Waals surface area contributed by atoms with Gasteiger partial charge in [-0.25, -0.2) is 0 Å². The lowest BCUT2D eigenvalue weighted by atomic mass is 9.82. The maximum atomic E-state index is 12.5. The third-order valence-corrected chi connectivity index (χ3v) is 3.54. The number of hydrogen-bond acceptors (Lipinski definition) is 3. The van der Waals surface area contributed by atoms with Crippen molar-refractivity contribution in [1.82, 2.24) is 10.2 Å². The van der Waals surface area contributed by atoms with Crippen molar-refractivity contribution in [2.75, 3.05) is 13.1 Å². The Morgan fingerprint density at radius 3 is 2.29 bits per heavy atom. The highest BCUT2D eigenvalue weighted by atomic mass is 16.4. The van der Waals surface area contributed by atoms with E-state index in [0.717, 1.165) is 0 Å². The number of aliphatic carboxylic acids is 1. The maximum Gasteiger partial charge on any atom is 0.307 e. The SMILES string of the molecule is CCN(CC(=O)NC(C)C)C(=O)[C@@H]1CC=CC[C@@H]1C(=O)O. The number of allylic oxidation sites excluding steroid dienone is 2. The van der Waals surface area contributed by atoms with Gasteiger partial charge in [-0.2, -0.15) is 0 Å². The van der Waals surface area contributed by atoms with E-state index in [1.807, 2.05) is 19.9 Å². The van der Waals surface area contributed by atoms with Crippen LogP contribution in [0.5, 0.6) is 0 Å². The maximum absolute atomic E-state index is 12.5. The van der Waals surface area contributed by atoms with E-state index in [1.54, 1.807) is 13.0 Å². The van der Waals surface area contributed by atoms with Crippen LogP contribution in [-0.2, 0) is 14.4 Å². The number of carbonyl (C=O) groups is 3. The largest absolute Gasteiger partial charge is 0.481 e. The highest BCUT2D eigenvalue weighted by molar-refractivity contribution is 5.89. The van der Waals surface area contributed by atoms with Crippen molar-refractivity contribution in [2.24, 2.45) is 11.8 Å². The normalized spacial score (nSPS) is 21.1. The highest BCUT2D eigenvalue weighted by Crippen LogP contribution is 2.27. The summed E-state index contributed by atoms with van der Waals surface area (Å²) < 4.78 is 0. The average molecular weight is 296 g/mol. The number of amides is 2. The standard InChI is InChI=1S/C15H24N2O4/c1-4-17(9-13(18)16-10(2)3)14(19)11-7-5-6-8-12(11)15(20)21/h5-6,10-12H,4,7-9H2,1-3H3,(H,16,18)(H,20,21)/t11-,12+/m1/s1. The second-order valence-corrected chi connectivity index (χ2v) is 5.57. The lowest BCUT2D eigenvalue weighted by molar-refractivity contribution is -0.151. The van der Waals surface area contributed by atoms with Crippen LogP contribution < -0.4 is 5.32 Å². The Kier molecular flexibility index (Phi) is 6.39. The minimum Gasteiger partial charge on any atom is -0.481 e. The molecule has 0 unspecified atom stereocenters. The molecule has 0 aromatic rings. The minimum absolute atomic E-state index is 0.00990. The summed E-state index contributed by atoms with van der Waals surface area (Å²) in [6.07, 6.45) is 4.41. The Morgan fingerprint density at radius 2 is 1.81 bits per heavy atom. The summed E-state index contributed by atoms with van der Waals surface area (Å²) >= 11 is 0. The molecule has 1 aliphatic carbocycles. The molecule has 1 rings (SSSR count). The number of nitrogens with one attached hydrogen (secondary N) is 1. The van der Waals surface area contributed by atoms with Gasteiger partial charge in [0.05, 0.1) is 18.4 Å². The van der Waals surface area contributed by atoms with Gasteiger partial charge in [-0.1, -0.05) is 12.2 Å². The summed E-state index contributed by atoms with van der Waals surface area (Å²) in [4.78, 5) is 37.0. The first-order valence-electron chi connectivity index (χ1n) is 7.32. The van der Waals surface area contributed by atoms with E-state index in [0.29, 0.717) is 19.4 Å². The fourth-order valence-electron chi connectivity index (χ4n) is 2.48. The van der Waals surface area contributed by atoms with Gasteiger partial charge in [0.2, 0.25) is 11.8 Å². The van der Waals surface area contributed by atoms with E-state index < -0.39 is 17.8 Å². The molecule has 0 heterocycles. The van der Waals surface area contributed by atoms with E-state index >= 15 is 0 Å². The molecule has 0 saturated heterocycles. The number of hydrogen-bond donors (Lipinski definition) is 2. The van der Waals surface area contributed by atoms with Crippen molar-refractivity contribution in [2.45, 2.75) is 39.7 Å². The molecule has 6 heteroatoms. The van der Waals surface area contributed by atoms with Gasteiger partial charge in [0.25, 0.3) is 0 Å². The van der Waals surface area contributed by atoms with E-state index in [4.69, 9.17) is 0 Å². The van der Waals surface area contributed by atoms with Crippen molar-refractivity contribution in [3.8, 4) is 0 Å². The molecule has 21 heavy (non-hydrogen) atoms. The first-order chi connectivity index (χ1) is 9.86. The molecule has 0 bridgehead atoms. The fraction of sp³-hybridized carbons (Fsp3) is 0.667. The Balaban J connectivity index is 2.75. The number of nitrogens with zero attached hydrogens (tertiary/aromatic N) is 1. The Bertz CT molecular complexity index is 431. The summed E-state index contributed by atoms with van der Waals surface area (Å²) in [6, 6.07) is 0.00990. The molecule has 0 aliphatic heterocycles. The van der Waals surface area contributed by atoms with E-state index in [-0.39, 0.29) is 24.4 Å². The number of carbonyl (C=O) groups excluding carboxylic acids is 2. The van der Waals surface area contributed by atoms with Gasteiger partial charge in [0.15, 0.2) is 0 Å². The molecule has 118 valence electrons. The van der Waals surface area contributed by atoms with Gasteiger partial charge in [0, 0.05) is 12.6 Å². The van der Waals surface area contributed by atoms with Crippen LogP contribution in [0.2, 0.25) is 0 Å². The van der Waals surface area contributed by atoms with Crippen molar-refractivity contribution < 1.29 is 19.5 Å². The quantitative estimate of drug-likeness (QED) is 0.717. The summed E-state index contributed by atoms with van der Waals surface area (Å²) in [7, 11) is 0. The van der Waals surface area contributed by atoms with E-state index in [2.05, 4.69) is 5.32 Å². The average Bonchev–Trinajstić information content (AvgIpc) is 2.43. The van der Waals surface area contributed by atoms with Crippen molar-refractivity contribution in [3.05, 3.63) is 12.2 Å². The molecule has 1 aliphatic rings. The summed E-state index contributed by atoms with van der Waals surface area (Å²) in [5.41, 5.74) is 0. The first kappa shape index (κ1) is 17.2. The van der Waals surface area contributed by atoms with Gasteiger partial charge in [-0.3, -0.25) is 14.4 Å². The zero-order valence-electron chi connectivity index (χ0n) is 12.8. The van der Waals surface area contributed by atoms with E-state index in [1.165, 1.54) is 4.90 Å². The second-order valence-electron chi connectivity index (χ2n) is 5.57. The van der Waals surface area contributed by atoms with Gasteiger partial charge < -0.3 is 15.3 Å². The molecular weight excluding hydrogens is 272 g/mol. The third kappa shape index (κ3) is 4.88. The Morgan fingerprint density at radius 1 is 1.24 bits per heavy atom. The predicted molar refractivity (Wildman–Crippen MR) is 78.5 cm³/mol. The molecule has 0 radical (unpaired) electrons. The molecule has 6 nitrogen and oxygen atoms in total. The van der Waals surface area contributed by atoms with Crippen LogP contribution in [-0.4, -0.2) is 46.9 Å². The van der Waals surface area contributed by atoms with Crippen LogP contribution >= 0.6 is 0 Å². The summed E-state index contributed by atoms with van der Waals surface area (Å²) in [5, 5.41) is 12.0. The van der Waals surface area contributed by atoms with Gasteiger partial charge in [-0.05, 0) is 33.6 Å².